The zero-order valence-electron chi connectivity index (χ0n) is 14.1. The summed E-state index contributed by atoms with van der Waals surface area (Å²) >= 11 is 0. The first-order valence-electron chi connectivity index (χ1n) is 7.84. The molecule has 0 spiro atoms. The summed E-state index contributed by atoms with van der Waals surface area (Å²) in [5.74, 6) is -1.35. The third-order valence-electron chi connectivity index (χ3n) is 4.26. The molecule has 25 heavy (non-hydrogen) atoms. The third kappa shape index (κ3) is 3.53. The van der Waals surface area contributed by atoms with Gasteiger partial charge in [-0.05, 0) is 18.9 Å². The number of aromatic nitrogens is 2. The van der Waals surface area contributed by atoms with Crippen LogP contribution in [0.5, 0.6) is 0 Å². The van der Waals surface area contributed by atoms with E-state index in [4.69, 9.17) is 0 Å². The van der Waals surface area contributed by atoms with Crippen molar-refractivity contribution in [3.8, 4) is 6.07 Å². The minimum Gasteiger partial charge on any atom is -0.480 e. The van der Waals surface area contributed by atoms with Crippen LogP contribution >= 0.6 is 0 Å². The van der Waals surface area contributed by atoms with Gasteiger partial charge in [0.05, 0.1) is 19.2 Å². The Kier molecular flexibility index (Phi) is 5.22. The lowest BCUT2D eigenvalue weighted by Crippen LogP contribution is -2.46. The van der Waals surface area contributed by atoms with E-state index in [0.29, 0.717) is 5.56 Å². The van der Waals surface area contributed by atoms with E-state index in [9.17, 15) is 24.8 Å². The van der Waals surface area contributed by atoms with E-state index in [-0.39, 0.29) is 13.0 Å². The van der Waals surface area contributed by atoms with Crippen LogP contribution in [-0.2, 0) is 17.9 Å². The number of hydrogen-bond acceptors (Lipinski definition) is 4. The van der Waals surface area contributed by atoms with E-state index in [2.05, 4.69) is 0 Å². The Morgan fingerprint density at radius 3 is 2.44 bits per heavy atom. The summed E-state index contributed by atoms with van der Waals surface area (Å²) in [7, 11) is 0. The first-order valence-corrected chi connectivity index (χ1v) is 7.84. The smallest absolute Gasteiger partial charge is 0.331 e. The van der Waals surface area contributed by atoms with Gasteiger partial charge in [-0.2, -0.15) is 5.26 Å². The van der Waals surface area contributed by atoms with Gasteiger partial charge in [0.1, 0.15) is 0 Å². The molecule has 0 fully saturated rings. The lowest BCUT2D eigenvalue weighted by atomic mass is 9.87. The molecule has 7 heteroatoms. The van der Waals surface area contributed by atoms with Crippen LogP contribution in [0.4, 0.5) is 0 Å². The first kappa shape index (κ1) is 18.2. The van der Waals surface area contributed by atoms with E-state index >= 15 is 0 Å². The van der Waals surface area contributed by atoms with Gasteiger partial charge in [-0.25, -0.2) is 4.79 Å². The molecular formula is C18H19N3O4. The SMILES string of the molecule is CCC(C#N)(Cn1c(=O)c(C)cn(Cc2ccccc2)c1=O)C(=O)O. The van der Waals surface area contributed by atoms with E-state index in [1.807, 2.05) is 30.3 Å². The minimum atomic E-state index is -1.82. The fourth-order valence-corrected chi connectivity index (χ4v) is 2.59. The first-order chi connectivity index (χ1) is 11.8. The molecule has 1 atom stereocenters. The van der Waals surface area contributed by atoms with E-state index < -0.39 is 29.2 Å². The molecule has 0 radical (unpaired) electrons. The third-order valence-corrected chi connectivity index (χ3v) is 4.26. The van der Waals surface area contributed by atoms with Crippen molar-refractivity contribution in [2.45, 2.75) is 33.4 Å². The van der Waals surface area contributed by atoms with Crippen LogP contribution in [0.25, 0.3) is 0 Å². The molecule has 0 amide bonds. The Morgan fingerprint density at radius 2 is 1.92 bits per heavy atom. The van der Waals surface area contributed by atoms with Gasteiger partial charge < -0.3 is 5.11 Å². The van der Waals surface area contributed by atoms with Gasteiger partial charge in [-0.3, -0.25) is 18.7 Å². The van der Waals surface area contributed by atoms with Crippen LogP contribution in [0.1, 0.15) is 24.5 Å². The molecule has 2 aromatic rings. The van der Waals surface area contributed by atoms with Crippen molar-refractivity contribution in [3.63, 3.8) is 0 Å². The highest BCUT2D eigenvalue weighted by Gasteiger charge is 2.38. The van der Waals surface area contributed by atoms with Gasteiger partial charge in [0.15, 0.2) is 5.41 Å². The second kappa shape index (κ2) is 7.18. The maximum Gasteiger partial charge on any atom is 0.331 e. The maximum atomic E-state index is 12.7. The van der Waals surface area contributed by atoms with Gasteiger partial charge >= 0.3 is 11.7 Å². The summed E-state index contributed by atoms with van der Waals surface area (Å²) in [5, 5.41) is 18.7. The summed E-state index contributed by atoms with van der Waals surface area (Å²) in [6.45, 7) is 2.87. The monoisotopic (exact) mass is 341 g/mol. The van der Waals surface area contributed by atoms with Crippen molar-refractivity contribution in [2.75, 3.05) is 0 Å². The van der Waals surface area contributed by atoms with Crippen molar-refractivity contribution in [3.05, 3.63) is 68.5 Å². The Labute approximate surface area is 144 Å². The second-order valence-electron chi connectivity index (χ2n) is 5.95. The Bertz CT molecular complexity index is 938. The summed E-state index contributed by atoms with van der Waals surface area (Å²) in [4.78, 5) is 36.6. The lowest BCUT2D eigenvalue weighted by molar-refractivity contribution is -0.146. The molecule has 1 unspecified atom stereocenters. The number of hydrogen-bond donors (Lipinski definition) is 1. The van der Waals surface area contributed by atoms with Gasteiger partial charge in [-0.1, -0.05) is 37.3 Å². The van der Waals surface area contributed by atoms with Gasteiger partial charge in [0, 0.05) is 11.8 Å². The number of nitriles is 1. The van der Waals surface area contributed by atoms with E-state index in [1.165, 1.54) is 10.8 Å². The summed E-state index contributed by atoms with van der Waals surface area (Å²) in [5.41, 5.74) is -1.85. The fraction of sp³-hybridized carbons (Fsp3) is 0.333. The van der Waals surface area contributed by atoms with Crippen LogP contribution in [-0.4, -0.2) is 20.2 Å². The van der Waals surface area contributed by atoms with Crippen LogP contribution in [0.15, 0.2) is 46.1 Å². The second-order valence-corrected chi connectivity index (χ2v) is 5.95. The average molecular weight is 341 g/mol. The highest BCUT2D eigenvalue weighted by Crippen LogP contribution is 2.22. The average Bonchev–Trinajstić information content (AvgIpc) is 2.61. The number of rotatable bonds is 6. The fourth-order valence-electron chi connectivity index (χ4n) is 2.59. The topological polar surface area (TPSA) is 105 Å². The number of aryl methyl sites for hydroxylation is 1. The highest BCUT2D eigenvalue weighted by molar-refractivity contribution is 5.77. The van der Waals surface area contributed by atoms with Gasteiger partial charge in [0.2, 0.25) is 0 Å². The summed E-state index contributed by atoms with van der Waals surface area (Å²) in [6.07, 6.45) is 1.44. The molecule has 1 aromatic heterocycles. The number of carboxylic acids is 1. The van der Waals surface area contributed by atoms with Crippen molar-refractivity contribution in [1.82, 2.24) is 9.13 Å². The highest BCUT2D eigenvalue weighted by atomic mass is 16.4. The molecule has 0 aliphatic carbocycles. The van der Waals surface area contributed by atoms with E-state index in [1.54, 1.807) is 19.9 Å². The molecular weight excluding hydrogens is 322 g/mol. The summed E-state index contributed by atoms with van der Waals surface area (Å²) in [6, 6.07) is 11.0. The molecule has 1 N–H and O–H groups in total. The number of carboxylic acid groups (broad SMARTS) is 1. The van der Waals surface area contributed by atoms with E-state index in [0.717, 1.165) is 10.1 Å². The van der Waals surface area contributed by atoms with Crippen LogP contribution < -0.4 is 11.2 Å². The molecule has 1 heterocycles. The zero-order chi connectivity index (χ0) is 18.6. The van der Waals surface area contributed by atoms with Crippen LogP contribution in [0.3, 0.4) is 0 Å². The molecule has 2 rings (SSSR count). The van der Waals surface area contributed by atoms with Crippen molar-refractivity contribution < 1.29 is 9.90 Å². The largest absolute Gasteiger partial charge is 0.480 e. The molecule has 0 aliphatic heterocycles. The predicted molar refractivity (Wildman–Crippen MR) is 91.2 cm³/mol. The Balaban J connectivity index is 2.56. The molecule has 130 valence electrons. The molecule has 0 aliphatic rings. The van der Waals surface area contributed by atoms with Crippen LogP contribution in [0, 0.1) is 23.7 Å². The Hall–Kier alpha value is -3.14. The van der Waals surface area contributed by atoms with Crippen molar-refractivity contribution in [1.29, 1.82) is 5.26 Å². The summed E-state index contributed by atoms with van der Waals surface area (Å²) < 4.78 is 2.20. The number of nitrogens with zero attached hydrogens (tertiary/aromatic N) is 3. The Morgan fingerprint density at radius 1 is 1.28 bits per heavy atom. The maximum absolute atomic E-state index is 12.7. The van der Waals surface area contributed by atoms with Gasteiger partial charge in [-0.15, -0.1) is 0 Å². The molecule has 0 saturated heterocycles. The predicted octanol–water partition coefficient (Wildman–Crippen LogP) is 1.37. The number of aliphatic carboxylic acids is 1. The molecule has 0 saturated carbocycles. The zero-order valence-corrected chi connectivity index (χ0v) is 14.1. The number of carbonyl (C=O) groups is 1. The number of benzene rings is 1. The molecule has 0 bridgehead atoms. The van der Waals surface area contributed by atoms with Crippen LogP contribution in [0.2, 0.25) is 0 Å². The molecule has 7 nitrogen and oxygen atoms in total. The standard InChI is InChI=1S/C18H19N3O4/c1-3-18(11-19,16(23)24)12-21-15(22)13(2)9-20(17(21)25)10-14-7-5-4-6-8-14/h4-9H,3,10,12H2,1-2H3,(H,23,24). The lowest BCUT2D eigenvalue weighted by Gasteiger charge is -2.21. The van der Waals surface area contributed by atoms with Gasteiger partial charge in [0.25, 0.3) is 5.56 Å². The normalized spacial score (nSPS) is 13.0. The molecule has 1 aromatic carbocycles. The quantitative estimate of drug-likeness (QED) is 0.854. The van der Waals surface area contributed by atoms with Crippen molar-refractivity contribution in [2.24, 2.45) is 5.41 Å². The minimum absolute atomic E-state index is 0.0165. The van der Waals surface area contributed by atoms with Crippen molar-refractivity contribution >= 4 is 5.97 Å².